The lowest BCUT2D eigenvalue weighted by molar-refractivity contribution is -0.611. The van der Waals surface area contributed by atoms with Gasteiger partial charge in [-0.05, 0) is 0 Å². The van der Waals surface area contributed by atoms with Gasteiger partial charge in [-0.25, -0.2) is 5.26 Å². The van der Waals surface area contributed by atoms with Gasteiger partial charge in [0.1, 0.15) is 0 Å². The van der Waals surface area contributed by atoms with Gasteiger partial charge in [0.25, 0.3) is 0 Å². The summed E-state index contributed by atoms with van der Waals surface area (Å²) >= 11 is 0. The molecule has 0 aliphatic rings. The predicted molar refractivity (Wildman–Crippen MR) is 20.2 cm³/mol. The molecule has 0 heterocycles. The van der Waals surface area contributed by atoms with Crippen molar-refractivity contribution in [2.24, 2.45) is 0 Å². The van der Waals surface area contributed by atoms with Crippen LogP contribution in [0.2, 0.25) is 0 Å². The van der Waals surface area contributed by atoms with Gasteiger partial charge in [0.05, 0.1) is 4.92 Å². The van der Waals surface area contributed by atoms with Crippen LogP contribution in [0.4, 0.5) is 0 Å². The first-order valence-corrected chi connectivity index (χ1v) is 1.62. The highest BCUT2D eigenvalue weighted by molar-refractivity contribution is 4.18. The largest absolute Gasteiger partial charge is 0.339 e. The normalized spacial score (nSPS) is 13.4. The molecule has 0 spiro atoms. The molecule has 5 heteroatoms. The Balaban J connectivity index is 3.34. The Labute approximate surface area is 39.6 Å². The summed E-state index contributed by atoms with van der Waals surface area (Å²) in [5.41, 5.74) is 0. The zero-order valence-corrected chi connectivity index (χ0v) is 3.70. The molecule has 0 bridgehead atoms. The molecule has 0 radical (unpaired) electrons. The molecular formula is C2H5NO4. The highest BCUT2D eigenvalue weighted by Gasteiger charge is 2.09. The van der Waals surface area contributed by atoms with Crippen molar-refractivity contribution in [2.75, 3.05) is 0 Å². The Hall–Kier alpha value is -0.680. The fourth-order valence-electron chi connectivity index (χ4n) is 0.0385. The zero-order chi connectivity index (χ0) is 5.86. The first kappa shape index (κ1) is 6.32. The van der Waals surface area contributed by atoms with Crippen molar-refractivity contribution >= 4 is 0 Å². The molecule has 1 unspecified atom stereocenters. The SMILES string of the molecule is CC(OO)[N+](=O)[O-]. The van der Waals surface area contributed by atoms with Gasteiger partial charge in [-0.2, -0.15) is 4.89 Å². The van der Waals surface area contributed by atoms with Crippen LogP contribution >= 0.6 is 0 Å². The summed E-state index contributed by atoms with van der Waals surface area (Å²) in [6, 6.07) is 0. The molecule has 0 aromatic heterocycles. The third kappa shape index (κ3) is 2.07. The molecule has 0 aliphatic heterocycles. The molecule has 0 saturated heterocycles. The Kier molecular flexibility index (Phi) is 2.24. The average Bonchev–Trinajstić information content (AvgIpc) is 1.65. The van der Waals surface area contributed by atoms with Gasteiger partial charge in [0.15, 0.2) is 0 Å². The molecule has 42 valence electrons. The molecule has 0 aromatic carbocycles. The average molecular weight is 107 g/mol. The maximum absolute atomic E-state index is 9.45. The van der Waals surface area contributed by atoms with Crippen molar-refractivity contribution in [3.05, 3.63) is 10.1 Å². The lowest BCUT2D eigenvalue weighted by Gasteiger charge is -1.93. The van der Waals surface area contributed by atoms with Gasteiger partial charge in [-0.1, -0.05) is 0 Å². The molecule has 0 saturated carbocycles. The Morgan fingerprint density at radius 3 is 2.43 bits per heavy atom. The van der Waals surface area contributed by atoms with E-state index in [2.05, 4.69) is 4.89 Å². The van der Waals surface area contributed by atoms with Crippen LogP contribution in [0.3, 0.4) is 0 Å². The van der Waals surface area contributed by atoms with E-state index in [-0.39, 0.29) is 0 Å². The number of nitrogens with zero attached hydrogens (tertiary/aromatic N) is 1. The fraction of sp³-hybridized carbons (Fsp3) is 1.00. The minimum absolute atomic E-state index is 0.750. The summed E-state index contributed by atoms with van der Waals surface area (Å²) in [7, 11) is 0. The molecule has 7 heavy (non-hydrogen) atoms. The maximum Gasteiger partial charge on any atom is 0.339 e. The van der Waals surface area contributed by atoms with Crippen molar-refractivity contribution in [3.8, 4) is 0 Å². The van der Waals surface area contributed by atoms with Crippen LogP contribution < -0.4 is 0 Å². The number of nitro groups is 1. The summed E-state index contributed by atoms with van der Waals surface area (Å²) in [5, 5.41) is 17.0. The lowest BCUT2D eigenvalue weighted by atomic mass is 10.7. The van der Waals surface area contributed by atoms with Crippen molar-refractivity contribution < 1.29 is 15.1 Å². The quantitative estimate of drug-likeness (QED) is 0.235. The second kappa shape index (κ2) is 2.49. The topological polar surface area (TPSA) is 72.6 Å². The molecule has 0 amide bonds. The second-order valence-corrected chi connectivity index (χ2v) is 0.990. The lowest BCUT2D eigenvalue weighted by Crippen LogP contribution is -2.16. The fourth-order valence-corrected chi connectivity index (χ4v) is 0.0385. The molecule has 0 aromatic rings. The molecule has 0 aliphatic carbocycles. The minimum atomic E-state index is -1.32. The van der Waals surface area contributed by atoms with Crippen molar-refractivity contribution in [2.45, 2.75) is 13.2 Å². The van der Waals surface area contributed by atoms with Crippen molar-refractivity contribution in [1.82, 2.24) is 0 Å². The highest BCUT2D eigenvalue weighted by atomic mass is 17.1. The standard InChI is InChI=1S/C2H5NO4/c1-2(7-6)3(4)5/h2,6H,1H3. The Bertz CT molecular complexity index is 72.1. The van der Waals surface area contributed by atoms with E-state index in [4.69, 9.17) is 5.26 Å². The van der Waals surface area contributed by atoms with Gasteiger partial charge in [0.2, 0.25) is 0 Å². The van der Waals surface area contributed by atoms with Crippen LogP contribution in [-0.4, -0.2) is 16.4 Å². The summed E-state index contributed by atoms with van der Waals surface area (Å²) in [6.07, 6.45) is -1.32. The van der Waals surface area contributed by atoms with Crippen LogP contribution in [0.15, 0.2) is 0 Å². The molecule has 1 N–H and O–H groups in total. The molecule has 0 fully saturated rings. The van der Waals surface area contributed by atoms with Crippen LogP contribution in [-0.2, 0) is 4.89 Å². The van der Waals surface area contributed by atoms with E-state index < -0.39 is 11.2 Å². The molecule has 0 rings (SSSR count). The smallest absolute Gasteiger partial charge is 0.262 e. The van der Waals surface area contributed by atoms with Crippen LogP contribution in [0.25, 0.3) is 0 Å². The number of hydrogen-bond donors (Lipinski definition) is 1. The van der Waals surface area contributed by atoms with Crippen LogP contribution in [0, 0.1) is 10.1 Å². The van der Waals surface area contributed by atoms with E-state index in [1.54, 1.807) is 0 Å². The first-order chi connectivity index (χ1) is 3.18. The van der Waals surface area contributed by atoms with Crippen molar-refractivity contribution in [1.29, 1.82) is 0 Å². The number of rotatable bonds is 2. The molecule has 1 atom stereocenters. The minimum Gasteiger partial charge on any atom is -0.262 e. The van der Waals surface area contributed by atoms with Gasteiger partial charge in [-0.3, -0.25) is 10.1 Å². The monoisotopic (exact) mass is 107 g/mol. The molecule has 5 nitrogen and oxygen atoms in total. The summed E-state index contributed by atoms with van der Waals surface area (Å²) in [6.45, 7) is 1.12. The molecular weight excluding hydrogens is 102 g/mol. The van der Waals surface area contributed by atoms with E-state index in [0.29, 0.717) is 0 Å². The van der Waals surface area contributed by atoms with E-state index >= 15 is 0 Å². The third-order valence-electron chi connectivity index (χ3n) is 0.449. The van der Waals surface area contributed by atoms with Crippen LogP contribution in [0.5, 0.6) is 0 Å². The van der Waals surface area contributed by atoms with Gasteiger partial charge in [0, 0.05) is 6.92 Å². The summed E-state index contributed by atoms with van der Waals surface area (Å²) in [5.74, 6) is 0. The maximum atomic E-state index is 9.45. The van der Waals surface area contributed by atoms with E-state index in [0.717, 1.165) is 6.92 Å². The highest BCUT2D eigenvalue weighted by Crippen LogP contribution is 1.84. The Morgan fingerprint density at radius 2 is 2.43 bits per heavy atom. The van der Waals surface area contributed by atoms with Crippen LogP contribution in [0.1, 0.15) is 6.92 Å². The van der Waals surface area contributed by atoms with Gasteiger partial charge < -0.3 is 0 Å². The second-order valence-electron chi connectivity index (χ2n) is 0.990. The Morgan fingerprint density at radius 1 is 2.00 bits per heavy atom. The summed E-state index contributed by atoms with van der Waals surface area (Å²) < 4.78 is 0. The van der Waals surface area contributed by atoms with Gasteiger partial charge in [-0.15, -0.1) is 0 Å². The predicted octanol–water partition coefficient (Wildman–Crippen LogP) is 0.0987. The zero-order valence-electron chi connectivity index (χ0n) is 3.70. The number of hydrogen-bond acceptors (Lipinski definition) is 4. The summed E-state index contributed by atoms with van der Waals surface area (Å²) in [4.78, 5) is 12.0. The third-order valence-corrected chi connectivity index (χ3v) is 0.449. The van der Waals surface area contributed by atoms with E-state index in [1.165, 1.54) is 0 Å². The van der Waals surface area contributed by atoms with Crippen molar-refractivity contribution in [3.63, 3.8) is 0 Å². The van der Waals surface area contributed by atoms with E-state index in [9.17, 15) is 10.1 Å². The van der Waals surface area contributed by atoms with E-state index in [1.807, 2.05) is 0 Å². The first-order valence-electron chi connectivity index (χ1n) is 1.62. The van der Waals surface area contributed by atoms with Gasteiger partial charge >= 0.3 is 6.23 Å².